The van der Waals surface area contributed by atoms with E-state index in [0.29, 0.717) is 5.89 Å². The highest BCUT2D eigenvalue weighted by Crippen LogP contribution is 2.37. The number of pyridine rings is 2. The topological polar surface area (TPSA) is 51.8 Å². The lowest BCUT2D eigenvalue weighted by Crippen LogP contribution is -1.95. The highest BCUT2D eigenvalue weighted by atomic mass is 16.3. The Morgan fingerprint density at radius 3 is 1.10 bits per heavy atom. The zero-order chi connectivity index (χ0) is 34.0. The summed E-state index contributed by atoms with van der Waals surface area (Å²) in [4.78, 5) is 15.4. The van der Waals surface area contributed by atoms with Crippen molar-refractivity contribution >= 4 is 11.1 Å². The molecule has 0 saturated carbocycles. The summed E-state index contributed by atoms with van der Waals surface area (Å²) in [5.41, 5.74) is 14.3. The minimum absolute atomic E-state index is 0.546. The van der Waals surface area contributed by atoms with Gasteiger partial charge in [0.2, 0.25) is 5.89 Å². The fourth-order valence-electron chi connectivity index (χ4n) is 6.51. The van der Waals surface area contributed by atoms with Crippen LogP contribution in [0.5, 0.6) is 0 Å². The Balaban J connectivity index is 1.29. The van der Waals surface area contributed by atoms with Crippen molar-refractivity contribution in [3.05, 3.63) is 188 Å². The third kappa shape index (κ3) is 6.23. The molecule has 6 aromatic carbocycles. The summed E-state index contributed by atoms with van der Waals surface area (Å²) in [5, 5.41) is 0. The van der Waals surface area contributed by atoms with Crippen LogP contribution in [0.15, 0.2) is 192 Å². The normalized spacial score (nSPS) is 11.1. The molecule has 0 aliphatic rings. The number of aromatic nitrogens is 3. The van der Waals surface area contributed by atoms with E-state index in [9.17, 15) is 0 Å². The van der Waals surface area contributed by atoms with Crippen LogP contribution >= 0.6 is 0 Å². The second-order valence-electron chi connectivity index (χ2n) is 12.5. The SMILES string of the molecule is c1ccc(-c2cc(-c3ccccc3)nc(-c3cc(-c4cc(-c5ccccc5)cc(-c5ccccc5)n4)cc(-c4nc5ccccc5o4)c3)c2)cc1. The van der Waals surface area contributed by atoms with Gasteiger partial charge in [-0.1, -0.05) is 133 Å². The van der Waals surface area contributed by atoms with E-state index in [1.54, 1.807) is 0 Å². The highest BCUT2D eigenvalue weighted by molar-refractivity contribution is 5.85. The van der Waals surface area contributed by atoms with Gasteiger partial charge in [0, 0.05) is 27.8 Å². The first-order valence-corrected chi connectivity index (χ1v) is 17.0. The largest absolute Gasteiger partial charge is 0.436 e. The summed E-state index contributed by atoms with van der Waals surface area (Å²) in [7, 11) is 0. The lowest BCUT2D eigenvalue weighted by molar-refractivity contribution is 0.620. The van der Waals surface area contributed by atoms with Crippen molar-refractivity contribution in [2.24, 2.45) is 0 Å². The van der Waals surface area contributed by atoms with Crippen LogP contribution in [0.1, 0.15) is 0 Å². The Labute approximate surface area is 296 Å². The van der Waals surface area contributed by atoms with Gasteiger partial charge in [0.1, 0.15) is 5.52 Å². The number of nitrogens with zero attached hydrogens (tertiary/aromatic N) is 3. The monoisotopic (exact) mass is 653 g/mol. The molecule has 240 valence electrons. The molecule has 0 atom stereocenters. The second kappa shape index (κ2) is 13.2. The molecular formula is C47H31N3O. The highest BCUT2D eigenvalue weighted by Gasteiger charge is 2.17. The quantitative estimate of drug-likeness (QED) is 0.172. The van der Waals surface area contributed by atoms with Crippen LogP contribution in [0.4, 0.5) is 0 Å². The molecule has 0 fully saturated rings. The first-order chi connectivity index (χ1) is 25.2. The van der Waals surface area contributed by atoms with Gasteiger partial charge in [0.15, 0.2) is 5.58 Å². The van der Waals surface area contributed by atoms with Crippen molar-refractivity contribution in [1.29, 1.82) is 0 Å². The zero-order valence-electron chi connectivity index (χ0n) is 27.6. The van der Waals surface area contributed by atoms with Crippen molar-refractivity contribution in [2.45, 2.75) is 0 Å². The van der Waals surface area contributed by atoms with Gasteiger partial charge in [-0.2, -0.15) is 0 Å². The van der Waals surface area contributed by atoms with E-state index in [-0.39, 0.29) is 0 Å². The lowest BCUT2D eigenvalue weighted by atomic mass is 9.95. The fraction of sp³-hybridized carbons (Fsp3) is 0. The summed E-state index contributed by atoms with van der Waals surface area (Å²) >= 11 is 0. The summed E-state index contributed by atoms with van der Waals surface area (Å²) in [6, 6.07) is 64.5. The van der Waals surface area contributed by atoms with E-state index in [1.807, 2.05) is 72.8 Å². The predicted molar refractivity (Wildman–Crippen MR) is 208 cm³/mol. The molecule has 51 heavy (non-hydrogen) atoms. The van der Waals surface area contributed by atoms with Gasteiger partial charge < -0.3 is 4.42 Å². The molecular weight excluding hydrogens is 623 g/mol. The minimum atomic E-state index is 0.546. The maximum absolute atomic E-state index is 6.36. The molecule has 0 amide bonds. The molecule has 9 aromatic rings. The molecule has 0 saturated heterocycles. The molecule has 0 aliphatic heterocycles. The van der Waals surface area contributed by atoms with E-state index in [4.69, 9.17) is 19.4 Å². The molecule has 0 radical (unpaired) electrons. The Kier molecular flexibility index (Phi) is 7.80. The number of oxazole rings is 1. The Morgan fingerprint density at radius 1 is 0.275 bits per heavy atom. The molecule has 9 rings (SSSR count). The summed E-state index contributed by atoms with van der Waals surface area (Å²) in [6.07, 6.45) is 0. The average Bonchev–Trinajstić information content (AvgIpc) is 3.66. The Hall–Kier alpha value is -6.91. The fourth-order valence-corrected chi connectivity index (χ4v) is 6.51. The van der Waals surface area contributed by atoms with E-state index in [0.717, 1.165) is 83.9 Å². The molecule has 4 heteroatoms. The van der Waals surface area contributed by atoms with Gasteiger partial charge in [-0.25, -0.2) is 15.0 Å². The van der Waals surface area contributed by atoms with Crippen LogP contribution in [-0.4, -0.2) is 15.0 Å². The van der Waals surface area contributed by atoms with E-state index in [2.05, 4.69) is 115 Å². The third-order valence-electron chi connectivity index (χ3n) is 9.07. The van der Waals surface area contributed by atoms with E-state index < -0.39 is 0 Å². The van der Waals surface area contributed by atoms with Crippen molar-refractivity contribution in [3.63, 3.8) is 0 Å². The number of benzene rings is 6. The summed E-state index contributed by atoms with van der Waals surface area (Å²) < 4.78 is 6.36. The molecule has 0 spiro atoms. The van der Waals surface area contributed by atoms with Crippen LogP contribution in [0.3, 0.4) is 0 Å². The molecule has 3 heterocycles. The smallest absolute Gasteiger partial charge is 0.227 e. The summed E-state index contributed by atoms with van der Waals surface area (Å²) in [6.45, 7) is 0. The standard InChI is InChI=1S/C47H31N3O/c1-5-15-32(16-6-1)36-28-42(34-19-9-3-10-20-34)48-44(30-36)38-25-39(27-40(26-38)47-50-41-23-13-14-24-46(41)51-47)45-31-37(33-17-7-2-8-18-33)29-43(49-45)35-21-11-4-12-22-35/h1-31H. The molecule has 0 unspecified atom stereocenters. The first kappa shape index (κ1) is 30.2. The van der Waals surface area contributed by atoms with Crippen LogP contribution in [0.2, 0.25) is 0 Å². The van der Waals surface area contributed by atoms with Gasteiger partial charge in [-0.3, -0.25) is 0 Å². The average molecular weight is 654 g/mol. The van der Waals surface area contributed by atoms with Gasteiger partial charge >= 0.3 is 0 Å². The van der Waals surface area contributed by atoms with Crippen LogP contribution in [-0.2, 0) is 0 Å². The van der Waals surface area contributed by atoms with Gasteiger partial charge in [-0.15, -0.1) is 0 Å². The Bertz CT molecular complexity index is 2320. The predicted octanol–water partition coefficient (Wildman–Crippen LogP) is 12.3. The van der Waals surface area contributed by atoms with Crippen LogP contribution < -0.4 is 0 Å². The van der Waals surface area contributed by atoms with Crippen molar-refractivity contribution in [1.82, 2.24) is 15.0 Å². The third-order valence-corrected chi connectivity index (χ3v) is 9.07. The number of fused-ring (bicyclic) bond motifs is 1. The zero-order valence-corrected chi connectivity index (χ0v) is 27.6. The maximum atomic E-state index is 6.36. The van der Waals surface area contributed by atoms with Gasteiger partial charge in [-0.05, 0) is 76.9 Å². The Morgan fingerprint density at radius 2 is 0.647 bits per heavy atom. The number of para-hydroxylation sites is 2. The molecule has 3 aromatic heterocycles. The number of hydrogen-bond donors (Lipinski definition) is 0. The van der Waals surface area contributed by atoms with E-state index in [1.165, 1.54) is 0 Å². The molecule has 4 nitrogen and oxygen atoms in total. The van der Waals surface area contributed by atoms with Gasteiger partial charge in [0.25, 0.3) is 0 Å². The first-order valence-electron chi connectivity index (χ1n) is 17.0. The second-order valence-corrected chi connectivity index (χ2v) is 12.5. The number of rotatable bonds is 7. The minimum Gasteiger partial charge on any atom is -0.436 e. The molecule has 0 aliphatic carbocycles. The van der Waals surface area contributed by atoms with Crippen molar-refractivity contribution in [3.8, 4) is 78.7 Å². The van der Waals surface area contributed by atoms with Crippen LogP contribution in [0.25, 0.3) is 89.8 Å². The van der Waals surface area contributed by atoms with E-state index >= 15 is 0 Å². The maximum Gasteiger partial charge on any atom is 0.227 e. The van der Waals surface area contributed by atoms with Gasteiger partial charge in [0.05, 0.1) is 22.8 Å². The van der Waals surface area contributed by atoms with Crippen molar-refractivity contribution in [2.75, 3.05) is 0 Å². The molecule has 0 bridgehead atoms. The van der Waals surface area contributed by atoms with Crippen LogP contribution in [0, 0.1) is 0 Å². The lowest BCUT2D eigenvalue weighted by Gasteiger charge is -2.14. The summed E-state index contributed by atoms with van der Waals surface area (Å²) in [5.74, 6) is 0.546. The van der Waals surface area contributed by atoms with Crippen molar-refractivity contribution < 1.29 is 4.42 Å². The molecule has 0 N–H and O–H groups in total. The number of hydrogen-bond acceptors (Lipinski definition) is 4.